The van der Waals surface area contributed by atoms with Crippen LogP contribution in [0.3, 0.4) is 0 Å². The van der Waals surface area contributed by atoms with Crippen LogP contribution in [0.4, 0.5) is 0 Å². The number of hydrogen-bond acceptors (Lipinski definition) is 2. The molecule has 0 aliphatic carbocycles. The Balaban J connectivity index is 0. The topological polar surface area (TPSA) is 49.3 Å². The number of rotatable bonds is 5. The van der Waals surface area contributed by atoms with Gasteiger partial charge < -0.3 is 10.4 Å². The van der Waals surface area contributed by atoms with E-state index in [1.165, 1.54) is 0 Å². The van der Waals surface area contributed by atoms with Crippen molar-refractivity contribution in [2.24, 2.45) is 5.92 Å². The standard InChI is InChI=1S/C8H17NO2.ClH/c1-4-5-9-7(6(2)3)8(10)11;/h6-7,9H,4-5H2,1-3H3,(H,10,11);1H/t7-;/m0./s1. The Morgan fingerprint density at radius 3 is 2.25 bits per heavy atom. The third-order valence-electron chi connectivity index (χ3n) is 1.55. The van der Waals surface area contributed by atoms with Gasteiger partial charge in [-0.1, -0.05) is 20.8 Å². The number of aliphatic carboxylic acids is 1. The summed E-state index contributed by atoms with van der Waals surface area (Å²) in [5.74, 6) is -0.604. The van der Waals surface area contributed by atoms with Crippen molar-refractivity contribution in [1.29, 1.82) is 0 Å². The van der Waals surface area contributed by atoms with Gasteiger partial charge in [0.15, 0.2) is 0 Å². The molecular formula is C8H18ClNO2. The summed E-state index contributed by atoms with van der Waals surface area (Å²) in [7, 11) is 0. The predicted molar refractivity (Wildman–Crippen MR) is 51.8 cm³/mol. The van der Waals surface area contributed by atoms with Gasteiger partial charge in [0, 0.05) is 0 Å². The molecule has 2 N–H and O–H groups in total. The van der Waals surface area contributed by atoms with Crippen LogP contribution in [0.1, 0.15) is 27.2 Å². The molecule has 4 heteroatoms. The summed E-state index contributed by atoms with van der Waals surface area (Å²) in [6, 6.07) is -0.394. The summed E-state index contributed by atoms with van der Waals surface area (Å²) in [4.78, 5) is 10.6. The van der Waals surface area contributed by atoms with Crippen molar-refractivity contribution in [2.45, 2.75) is 33.2 Å². The van der Waals surface area contributed by atoms with E-state index in [9.17, 15) is 4.79 Å². The van der Waals surface area contributed by atoms with Crippen LogP contribution in [0.5, 0.6) is 0 Å². The summed E-state index contributed by atoms with van der Waals surface area (Å²) >= 11 is 0. The summed E-state index contributed by atoms with van der Waals surface area (Å²) in [6.45, 7) is 6.60. The third-order valence-corrected chi connectivity index (χ3v) is 1.55. The largest absolute Gasteiger partial charge is 0.480 e. The van der Waals surface area contributed by atoms with E-state index in [4.69, 9.17) is 5.11 Å². The summed E-state index contributed by atoms with van der Waals surface area (Å²) in [5.41, 5.74) is 0. The first-order chi connectivity index (χ1) is 5.09. The van der Waals surface area contributed by atoms with E-state index < -0.39 is 12.0 Å². The maximum absolute atomic E-state index is 10.6. The van der Waals surface area contributed by atoms with Gasteiger partial charge in [-0.25, -0.2) is 0 Å². The van der Waals surface area contributed by atoms with Gasteiger partial charge in [-0.2, -0.15) is 0 Å². The molecule has 74 valence electrons. The molecular weight excluding hydrogens is 178 g/mol. The Hall–Kier alpha value is -0.280. The van der Waals surface area contributed by atoms with E-state index in [0.29, 0.717) is 0 Å². The molecule has 1 atom stereocenters. The molecule has 0 amide bonds. The van der Waals surface area contributed by atoms with Crippen LogP contribution in [0.2, 0.25) is 0 Å². The minimum atomic E-state index is -0.756. The Labute approximate surface area is 80.0 Å². The number of nitrogens with one attached hydrogen (secondary N) is 1. The maximum atomic E-state index is 10.6. The fourth-order valence-corrected chi connectivity index (χ4v) is 0.908. The highest BCUT2D eigenvalue weighted by Crippen LogP contribution is 2.00. The van der Waals surface area contributed by atoms with Crippen molar-refractivity contribution in [3.8, 4) is 0 Å². The first-order valence-electron chi connectivity index (χ1n) is 4.05. The maximum Gasteiger partial charge on any atom is 0.320 e. The normalized spacial score (nSPS) is 12.3. The van der Waals surface area contributed by atoms with Crippen LogP contribution < -0.4 is 5.32 Å². The smallest absolute Gasteiger partial charge is 0.320 e. The van der Waals surface area contributed by atoms with Crippen LogP contribution in [0.25, 0.3) is 0 Å². The van der Waals surface area contributed by atoms with Crippen molar-refractivity contribution in [3.63, 3.8) is 0 Å². The molecule has 0 bridgehead atoms. The zero-order valence-corrected chi connectivity index (χ0v) is 8.65. The average Bonchev–Trinajstić information content (AvgIpc) is 1.87. The van der Waals surface area contributed by atoms with Crippen LogP contribution >= 0.6 is 12.4 Å². The fraction of sp³-hybridized carbons (Fsp3) is 0.875. The summed E-state index contributed by atoms with van der Waals surface area (Å²) in [6.07, 6.45) is 0.969. The van der Waals surface area contributed by atoms with Crippen LogP contribution in [-0.2, 0) is 4.79 Å². The molecule has 0 fully saturated rings. The second-order valence-corrected chi connectivity index (χ2v) is 3.01. The van der Waals surface area contributed by atoms with Crippen LogP contribution in [0.15, 0.2) is 0 Å². The molecule has 0 saturated heterocycles. The highest BCUT2D eigenvalue weighted by atomic mass is 35.5. The molecule has 0 aromatic rings. The van der Waals surface area contributed by atoms with Gasteiger partial charge in [-0.15, -0.1) is 12.4 Å². The molecule has 12 heavy (non-hydrogen) atoms. The van der Waals surface area contributed by atoms with E-state index in [-0.39, 0.29) is 18.3 Å². The number of carboxylic acid groups (broad SMARTS) is 1. The quantitative estimate of drug-likeness (QED) is 0.700. The highest BCUT2D eigenvalue weighted by Gasteiger charge is 2.19. The Kier molecular flexibility index (Phi) is 8.76. The zero-order valence-electron chi connectivity index (χ0n) is 7.83. The second kappa shape index (κ2) is 7.37. The lowest BCUT2D eigenvalue weighted by atomic mass is 10.1. The third kappa shape index (κ3) is 5.38. The highest BCUT2D eigenvalue weighted by molar-refractivity contribution is 5.85. The van der Waals surface area contributed by atoms with Crippen LogP contribution in [0, 0.1) is 5.92 Å². The zero-order chi connectivity index (χ0) is 8.85. The van der Waals surface area contributed by atoms with E-state index in [0.717, 1.165) is 13.0 Å². The Bertz CT molecular complexity index is 128. The molecule has 0 spiro atoms. The van der Waals surface area contributed by atoms with Gasteiger partial charge in [0.1, 0.15) is 6.04 Å². The molecule has 0 radical (unpaired) electrons. The lowest BCUT2D eigenvalue weighted by molar-refractivity contribution is -0.140. The molecule has 0 rings (SSSR count). The van der Waals surface area contributed by atoms with Gasteiger partial charge in [-0.05, 0) is 18.9 Å². The summed E-state index contributed by atoms with van der Waals surface area (Å²) < 4.78 is 0. The van der Waals surface area contributed by atoms with Crippen molar-refractivity contribution in [1.82, 2.24) is 5.32 Å². The Morgan fingerprint density at radius 2 is 2.00 bits per heavy atom. The fourth-order valence-electron chi connectivity index (χ4n) is 0.908. The number of carboxylic acids is 1. The molecule has 0 aliphatic heterocycles. The number of halogens is 1. The average molecular weight is 196 g/mol. The van der Waals surface area contributed by atoms with E-state index in [1.54, 1.807) is 0 Å². The number of carbonyl (C=O) groups is 1. The van der Waals surface area contributed by atoms with Crippen LogP contribution in [-0.4, -0.2) is 23.7 Å². The number of hydrogen-bond donors (Lipinski definition) is 2. The van der Waals surface area contributed by atoms with E-state index in [2.05, 4.69) is 5.32 Å². The molecule has 0 aromatic carbocycles. The van der Waals surface area contributed by atoms with Crippen molar-refractivity contribution in [3.05, 3.63) is 0 Å². The SMILES string of the molecule is CCCN[C@H](C(=O)O)C(C)C.Cl. The summed E-state index contributed by atoms with van der Waals surface area (Å²) in [5, 5.41) is 11.7. The first kappa shape index (κ1) is 14.3. The molecule has 0 unspecified atom stereocenters. The van der Waals surface area contributed by atoms with Crippen molar-refractivity contribution >= 4 is 18.4 Å². The molecule has 0 aromatic heterocycles. The minimum Gasteiger partial charge on any atom is -0.480 e. The Morgan fingerprint density at radius 1 is 1.50 bits per heavy atom. The lowest BCUT2D eigenvalue weighted by Crippen LogP contribution is -2.41. The van der Waals surface area contributed by atoms with Crippen molar-refractivity contribution in [2.75, 3.05) is 6.54 Å². The second-order valence-electron chi connectivity index (χ2n) is 3.01. The van der Waals surface area contributed by atoms with Gasteiger partial charge in [0.25, 0.3) is 0 Å². The minimum absolute atomic E-state index is 0. The molecule has 0 aliphatic rings. The first-order valence-corrected chi connectivity index (χ1v) is 4.05. The van der Waals surface area contributed by atoms with Gasteiger partial charge >= 0.3 is 5.97 Å². The monoisotopic (exact) mass is 195 g/mol. The molecule has 0 saturated carbocycles. The van der Waals surface area contributed by atoms with Gasteiger partial charge in [-0.3, -0.25) is 4.79 Å². The predicted octanol–water partition coefficient (Wildman–Crippen LogP) is 1.52. The van der Waals surface area contributed by atoms with Gasteiger partial charge in [0.2, 0.25) is 0 Å². The van der Waals surface area contributed by atoms with E-state index in [1.807, 2.05) is 20.8 Å². The lowest BCUT2D eigenvalue weighted by Gasteiger charge is -2.16. The van der Waals surface area contributed by atoms with Crippen molar-refractivity contribution < 1.29 is 9.90 Å². The molecule has 0 heterocycles. The van der Waals surface area contributed by atoms with E-state index >= 15 is 0 Å². The van der Waals surface area contributed by atoms with Gasteiger partial charge in [0.05, 0.1) is 0 Å². The molecule has 3 nitrogen and oxygen atoms in total.